The Morgan fingerprint density at radius 3 is 1.11 bits per heavy atom. The first-order valence-corrected chi connectivity index (χ1v) is 25.6. The van der Waals surface area contributed by atoms with Gasteiger partial charge in [-0.3, -0.25) is 0 Å². The van der Waals surface area contributed by atoms with Crippen molar-refractivity contribution in [2.45, 2.75) is 14.8 Å². The van der Waals surface area contributed by atoms with Crippen LogP contribution in [0.4, 0.5) is 0 Å². The second kappa shape index (κ2) is 12.1. The van der Waals surface area contributed by atoms with Crippen LogP contribution in [0.25, 0.3) is 0 Å². The minimum atomic E-state index is -2.35. The predicted molar refractivity (Wildman–Crippen MR) is 163 cm³/mol. The molecule has 4 aromatic carbocycles. The quantitative estimate of drug-likeness (QED) is 0.164. The minimum absolute atomic E-state index is 0.543. The van der Waals surface area contributed by atoms with E-state index in [9.17, 15) is 0 Å². The molecule has 0 aliphatic carbocycles. The molecule has 1 aliphatic heterocycles. The fourth-order valence-electron chi connectivity index (χ4n) is 3.95. The molecule has 1 heterocycles. The standard InChI is InChI=1S/C25H24N3P3.3CH3.Sn/c1-29-26-30(22-14-6-2-7-15-22,23-16-8-3-9-17-23)28-31(27-29,24-18-10-4-11-19-24)25-20-12-5-13-21-25;;;;/h2-21,29H,1H3;3*1H3;. The third kappa shape index (κ3) is 6.03. The van der Waals surface area contributed by atoms with Crippen molar-refractivity contribution < 1.29 is 0 Å². The van der Waals surface area contributed by atoms with Crippen molar-refractivity contribution in [3.8, 4) is 0 Å². The van der Waals surface area contributed by atoms with Crippen LogP contribution in [0.5, 0.6) is 0 Å². The molecule has 5 rings (SSSR count). The Bertz CT molecular complexity index is 1220. The summed E-state index contributed by atoms with van der Waals surface area (Å²) in [6, 6.07) is 42.6. The van der Waals surface area contributed by atoms with Gasteiger partial charge in [0.15, 0.2) is 0 Å². The summed E-state index contributed by atoms with van der Waals surface area (Å²) >= 11 is -0.543. The average molecular weight is 623 g/mol. The third-order valence-corrected chi connectivity index (χ3v) is 16.1. The number of nitrogens with zero attached hydrogens (tertiary/aromatic N) is 3. The van der Waals surface area contributed by atoms with Crippen LogP contribution in [0.3, 0.4) is 0 Å². The molecule has 35 heavy (non-hydrogen) atoms. The molecule has 0 bridgehead atoms. The van der Waals surface area contributed by atoms with Gasteiger partial charge in [0.05, 0.1) is 7.86 Å². The van der Waals surface area contributed by atoms with Crippen LogP contribution in [0.1, 0.15) is 0 Å². The summed E-state index contributed by atoms with van der Waals surface area (Å²) in [6.07, 6.45) is 0. The van der Waals surface area contributed by atoms with Crippen LogP contribution in [-0.2, 0) is 0 Å². The number of hydrogen-bond acceptors (Lipinski definition) is 3. The fraction of sp³-hybridized carbons (Fsp3) is 0.143. The molecule has 0 N–H and O–H groups in total. The zero-order valence-corrected chi connectivity index (χ0v) is 26.4. The van der Waals surface area contributed by atoms with Crippen LogP contribution in [0.2, 0.25) is 14.8 Å². The van der Waals surface area contributed by atoms with Crippen LogP contribution in [-0.4, -0.2) is 26.4 Å². The Morgan fingerprint density at radius 1 is 0.514 bits per heavy atom. The SMILES string of the molecule is C[PH]1=NP(c2ccccc2)(c2ccccc2)=NP(c2ccccc2)(c2ccccc2)=N1.[CH3][Sn]([CH3])[CH3]. The van der Waals surface area contributed by atoms with Gasteiger partial charge in [0.2, 0.25) is 0 Å². The van der Waals surface area contributed by atoms with E-state index in [4.69, 9.17) is 13.5 Å². The van der Waals surface area contributed by atoms with E-state index in [2.05, 4.69) is 143 Å². The first-order valence-electron chi connectivity index (χ1n) is 11.8. The molecule has 4 aromatic rings. The van der Waals surface area contributed by atoms with Crippen molar-refractivity contribution in [3.63, 3.8) is 0 Å². The molecule has 0 saturated heterocycles. The molecule has 0 fully saturated rings. The Morgan fingerprint density at radius 2 is 0.800 bits per heavy atom. The number of hydrogen-bond donors (Lipinski definition) is 0. The summed E-state index contributed by atoms with van der Waals surface area (Å²) in [6.45, 7) is 2.21. The Hall–Kier alpha value is -1.63. The third-order valence-electron chi connectivity index (χ3n) is 5.30. The predicted octanol–water partition coefficient (Wildman–Crippen LogP) is 7.85. The van der Waals surface area contributed by atoms with Crippen molar-refractivity contribution >= 4 is 63.3 Å². The van der Waals surface area contributed by atoms with Crippen LogP contribution in [0.15, 0.2) is 135 Å². The molecule has 7 heteroatoms. The van der Waals surface area contributed by atoms with Gasteiger partial charge < -0.3 is 0 Å². The van der Waals surface area contributed by atoms with Crippen LogP contribution < -0.4 is 21.2 Å². The second-order valence-electron chi connectivity index (χ2n) is 8.88. The van der Waals surface area contributed by atoms with Gasteiger partial charge >= 0.3 is 34.6 Å². The maximum atomic E-state index is 5.79. The zero-order valence-electron chi connectivity index (χ0n) is 20.8. The normalized spacial score (nSPS) is 17.7. The van der Waals surface area contributed by atoms with Crippen LogP contribution in [0, 0.1) is 0 Å². The van der Waals surface area contributed by atoms with Crippen molar-refractivity contribution in [1.29, 1.82) is 0 Å². The summed E-state index contributed by atoms with van der Waals surface area (Å²) in [7, 11) is -6.04. The zero-order chi connectivity index (χ0) is 24.7. The summed E-state index contributed by atoms with van der Waals surface area (Å²) in [4.78, 5) is 7.09. The molecule has 3 nitrogen and oxygen atoms in total. The van der Waals surface area contributed by atoms with Crippen LogP contribution >= 0.6 is 22.3 Å². The van der Waals surface area contributed by atoms with E-state index in [1.54, 1.807) is 0 Å². The summed E-state index contributed by atoms with van der Waals surface area (Å²) in [5.74, 6) is 0. The van der Waals surface area contributed by atoms with Gasteiger partial charge in [0.25, 0.3) is 0 Å². The van der Waals surface area contributed by atoms with E-state index >= 15 is 0 Å². The average Bonchev–Trinajstić information content (AvgIpc) is 2.90. The first kappa shape index (κ1) is 26.4. The van der Waals surface area contributed by atoms with E-state index in [0.717, 1.165) is 0 Å². The molecule has 179 valence electrons. The first-order chi connectivity index (χ1) is 17.0. The topological polar surface area (TPSA) is 37.1 Å². The van der Waals surface area contributed by atoms with E-state index in [1.807, 2.05) is 0 Å². The van der Waals surface area contributed by atoms with E-state index < -0.39 is 42.0 Å². The van der Waals surface area contributed by atoms with Crippen molar-refractivity contribution in [3.05, 3.63) is 121 Å². The number of rotatable bonds is 4. The molecule has 0 aromatic heterocycles. The molecular formula is C28H33N3P3Sn. The molecule has 0 amide bonds. The van der Waals surface area contributed by atoms with Gasteiger partial charge in [-0.05, 0) is 6.66 Å². The summed E-state index contributed by atoms with van der Waals surface area (Å²) < 4.78 is 16.6. The van der Waals surface area contributed by atoms with E-state index in [1.165, 1.54) is 21.2 Å². The van der Waals surface area contributed by atoms with Crippen molar-refractivity contribution in [2.24, 2.45) is 13.5 Å². The van der Waals surface area contributed by atoms with Crippen molar-refractivity contribution in [1.82, 2.24) is 0 Å². The Kier molecular flexibility index (Phi) is 9.12. The Balaban J connectivity index is 0.000000672. The van der Waals surface area contributed by atoms with Gasteiger partial charge in [-0.1, -0.05) is 121 Å². The molecule has 1 aliphatic rings. The fourth-order valence-corrected chi connectivity index (χ4v) is 16.8. The molecule has 1 unspecified atom stereocenters. The van der Waals surface area contributed by atoms with Gasteiger partial charge in [-0.15, -0.1) is 0 Å². The summed E-state index contributed by atoms with van der Waals surface area (Å²) in [5.41, 5.74) is 0. The molecule has 0 saturated carbocycles. The molecular weight excluding hydrogens is 590 g/mol. The van der Waals surface area contributed by atoms with Gasteiger partial charge in [-0.25, -0.2) is 13.5 Å². The monoisotopic (exact) mass is 624 g/mol. The van der Waals surface area contributed by atoms with Gasteiger partial charge in [-0.2, -0.15) is 0 Å². The van der Waals surface area contributed by atoms with Gasteiger partial charge in [0.1, 0.15) is 14.4 Å². The number of benzene rings is 4. The second-order valence-corrected chi connectivity index (χ2v) is 25.3. The molecule has 1 atom stereocenters. The van der Waals surface area contributed by atoms with E-state index in [-0.39, 0.29) is 0 Å². The maximum absolute atomic E-state index is 5.79. The van der Waals surface area contributed by atoms with Gasteiger partial charge in [0, 0.05) is 21.2 Å². The Labute approximate surface area is 218 Å². The van der Waals surface area contributed by atoms with E-state index in [0.29, 0.717) is 0 Å². The summed E-state index contributed by atoms with van der Waals surface area (Å²) in [5, 5.41) is 4.82. The molecule has 1 radical (unpaired) electrons. The van der Waals surface area contributed by atoms with Crippen molar-refractivity contribution in [2.75, 3.05) is 6.66 Å². The molecule has 0 spiro atoms.